The first-order chi connectivity index (χ1) is 8.97. The van der Waals surface area contributed by atoms with E-state index in [1.54, 1.807) is 7.05 Å². The largest absolute Gasteiger partial charge is 0.480 e. The summed E-state index contributed by atoms with van der Waals surface area (Å²) in [4.78, 5) is 24.3. The quantitative estimate of drug-likeness (QED) is 0.858. The number of carboxylic acid groups (broad SMARTS) is 1. The van der Waals surface area contributed by atoms with Gasteiger partial charge in [-0.25, -0.2) is 4.79 Å². The second-order valence-electron chi connectivity index (χ2n) is 4.74. The maximum atomic E-state index is 12.1. The molecule has 1 aromatic carbocycles. The molecule has 0 radical (unpaired) electrons. The number of carbonyl (C=O) groups is 2. The Labute approximate surface area is 114 Å². The molecule has 1 N–H and O–H groups in total. The van der Waals surface area contributed by atoms with E-state index in [4.69, 9.17) is 5.11 Å². The van der Waals surface area contributed by atoms with E-state index in [0.717, 1.165) is 12.0 Å². The van der Waals surface area contributed by atoms with Gasteiger partial charge in [0.2, 0.25) is 5.91 Å². The summed E-state index contributed by atoms with van der Waals surface area (Å²) in [5, 5.41) is 8.92. The summed E-state index contributed by atoms with van der Waals surface area (Å²) >= 11 is 0. The van der Waals surface area contributed by atoms with Gasteiger partial charge in [-0.3, -0.25) is 4.79 Å². The first-order valence-corrected chi connectivity index (χ1v) is 6.50. The van der Waals surface area contributed by atoms with E-state index in [1.165, 1.54) is 11.8 Å². The fourth-order valence-electron chi connectivity index (χ4n) is 1.96. The van der Waals surface area contributed by atoms with E-state index < -0.39 is 12.0 Å². The molecule has 0 aliphatic carbocycles. The number of carboxylic acids is 1. The van der Waals surface area contributed by atoms with Crippen molar-refractivity contribution in [2.24, 2.45) is 0 Å². The highest BCUT2D eigenvalue weighted by atomic mass is 16.4. The highest BCUT2D eigenvalue weighted by Gasteiger charge is 2.24. The van der Waals surface area contributed by atoms with Crippen LogP contribution in [0.5, 0.6) is 0 Å². The molecule has 104 valence electrons. The zero-order valence-corrected chi connectivity index (χ0v) is 11.7. The van der Waals surface area contributed by atoms with Crippen LogP contribution in [0.25, 0.3) is 0 Å². The molecule has 0 spiro atoms. The number of aliphatic carboxylic acids is 1. The molecule has 0 aromatic heterocycles. The summed E-state index contributed by atoms with van der Waals surface area (Å²) in [6.45, 7) is 3.55. The predicted octanol–water partition coefficient (Wildman–Crippen LogP) is 2.50. The Bertz CT molecular complexity index is 430. The number of carbonyl (C=O) groups excluding carboxylic acids is 1. The second-order valence-corrected chi connectivity index (χ2v) is 4.74. The van der Waals surface area contributed by atoms with Crippen molar-refractivity contribution in [3.8, 4) is 0 Å². The molecule has 4 heteroatoms. The van der Waals surface area contributed by atoms with Crippen molar-refractivity contribution >= 4 is 11.9 Å². The average molecular weight is 263 g/mol. The minimum atomic E-state index is -0.983. The Balaban J connectivity index is 2.71. The van der Waals surface area contributed by atoms with Crippen LogP contribution in [0.2, 0.25) is 0 Å². The Morgan fingerprint density at radius 2 is 1.84 bits per heavy atom. The molecule has 0 heterocycles. The van der Waals surface area contributed by atoms with Gasteiger partial charge in [-0.15, -0.1) is 0 Å². The Morgan fingerprint density at radius 3 is 2.32 bits per heavy atom. The molecular weight excluding hydrogens is 242 g/mol. The maximum Gasteiger partial charge on any atom is 0.326 e. The number of amides is 1. The fraction of sp³-hybridized carbons (Fsp3) is 0.467. The van der Waals surface area contributed by atoms with Crippen LogP contribution < -0.4 is 0 Å². The summed E-state index contributed by atoms with van der Waals surface area (Å²) in [6, 6.07) is 9.06. The number of nitrogens with zero attached hydrogens (tertiary/aromatic N) is 1. The highest BCUT2D eigenvalue weighted by Crippen LogP contribution is 2.23. The summed E-state index contributed by atoms with van der Waals surface area (Å²) < 4.78 is 0. The molecule has 1 amide bonds. The van der Waals surface area contributed by atoms with E-state index in [-0.39, 0.29) is 11.8 Å². The van der Waals surface area contributed by atoms with E-state index in [0.29, 0.717) is 6.42 Å². The highest BCUT2D eigenvalue weighted by molar-refractivity contribution is 5.83. The minimum absolute atomic E-state index is 0.134. The average Bonchev–Trinajstić information content (AvgIpc) is 2.43. The Morgan fingerprint density at radius 1 is 1.26 bits per heavy atom. The van der Waals surface area contributed by atoms with Gasteiger partial charge >= 0.3 is 5.97 Å². The van der Waals surface area contributed by atoms with E-state index in [1.807, 2.05) is 37.3 Å². The minimum Gasteiger partial charge on any atom is -0.480 e. The number of hydrogen-bond acceptors (Lipinski definition) is 2. The molecule has 0 fully saturated rings. The monoisotopic (exact) mass is 263 g/mol. The van der Waals surface area contributed by atoms with Gasteiger partial charge in [-0.1, -0.05) is 37.3 Å². The zero-order chi connectivity index (χ0) is 14.4. The Kier molecular flexibility index (Phi) is 5.55. The van der Waals surface area contributed by atoms with Crippen molar-refractivity contribution in [1.29, 1.82) is 0 Å². The van der Waals surface area contributed by atoms with Gasteiger partial charge in [0.25, 0.3) is 0 Å². The molecule has 0 aliphatic rings. The molecule has 2 atom stereocenters. The van der Waals surface area contributed by atoms with Gasteiger partial charge in [0.15, 0.2) is 0 Å². The normalized spacial score (nSPS) is 13.6. The number of hydrogen-bond donors (Lipinski definition) is 1. The van der Waals surface area contributed by atoms with Crippen LogP contribution in [-0.2, 0) is 9.59 Å². The van der Waals surface area contributed by atoms with Gasteiger partial charge in [0.1, 0.15) is 6.04 Å². The molecule has 1 rings (SSSR count). The zero-order valence-electron chi connectivity index (χ0n) is 11.7. The third-order valence-corrected chi connectivity index (χ3v) is 3.52. The summed E-state index contributed by atoms with van der Waals surface area (Å²) in [6.07, 6.45) is 1.19. The molecule has 0 saturated carbocycles. The standard InChI is InChI=1S/C15H21NO3/c1-4-12(13-8-6-5-7-9-13)10-14(17)16(3)11(2)15(18)19/h5-9,11-12H,4,10H2,1-3H3,(H,18,19). The molecule has 19 heavy (non-hydrogen) atoms. The molecular formula is C15H21NO3. The summed E-state index contributed by atoms with van der Waals surface area (Å²) in [5.41, 5.74) is 1.12. The lowest BCUT2D eigenvalue weighted by Crippen LogP contribution is -2.40. The first kappa shape index (κ1) is 15.2. The lowest BCUT2D eigenvalue weighted by Gasteiger charge is -2.24. The van der Waals surface area contributed by atoms with Crippen LogP contribution in [0.15, 0.2) is 30.3 Å². The molecule has 0 aliphatic heterocycles. The summed E-state index contributed by atoms with van der Waals surface area (Å²) in [7, 11) is 1.54. The van der Waals surface area contributed by atoms with Gasteiger partial charge in [-0.05, 0) is 24.8 Å². The lowest BCUT2D eigenvalue weighted by atomic mass is 9.92. The predicted molar refractivity (Wildman–Crippen MR) is 74.0 cm³/mol. The van der Waals surface area contributed by atoms with Gasteiger partial charge < -0.3 is 10.0 Å². The SMILES string of the molecule is CCC(CC(=O)N(C)C(C)C(=O)O)c1ccccc1. The van der Waals surface area contributed by atoms with Crippen molar-refractivity contribution in [3.63, 3.8) is 0 Å². The lowest BCUT2D eigenvalue weighted by molar-refractivity contribution is -0.148. The van der Waals surface area contributed by atoms with E-state index in [9.17, 15) is 9.59 Å². The number of rotatable bonds is 6. The molecule has 2 unspecified atom stereocenters. The molecule has 0 saturated heterocycles. The maximum absolute atomic E-state index is 12.1. The number of benzene rings is 1. The Hall–Kier alpha value is -1.84. The topological polar surface area (TPSA) is 57.6 Å². The van der Waals surface area contributed by atoms with Crippen LogP contribution in [0, 0.1) is 0 Å². The van der Waals surface area contributed by atoms with Crippen LogP contribution in [0.1, 0.15) is 38.2 Å². The van der Waals surface area contributed by atoms with Crippen molar-refractivity contribution in [2.75, 3.05) is 7.05 Å². The smallest absolute Gasteiger partial charge is 0.326 e. The third kappa shape index (κ3) is 4.09. The summed E-state index contributed by atoms with van der Waals surface area (Å²) in [5.74, 6) is -0.980. The molecule has 0 bridgehead atoms. The van der Waals surface area contributed by atoms with Crippen LogP contribution >= 0.6 is 0 Å². The van der Waals surface area contributed by atoms with E-state index >= 15 is 0 Å². The van der Waals surface area contributed by atoms with Crippen molar-refractivity contribution in [2.45, 2.75) is 38.6 Å². The molecule has 4 nitrogen and oxygen atoms in total. The van der Waals surface area contributed by atoms with Crippen LogP contribution in [0.4, 0.5) is 0 Å². The molecule has 1 aromatic rings. The van der Waals surface area contributed by atoms with Gasteiger partial charge in [0, 0.05) is 13.5 Å². The van der Waals surface area contributed by atoms with Gasteiger partial charge in [-0.2, -0.15) is 0 Å². The second kappa shape index (κ2) is 6.92. The van der Waals surface area contributed by atoms with Gasteiger partial charge in [0.05, 0.1) is 0 Å². The van der Waals surface area contributed by atoms with Crippen molar-refractivity contribution in [3.05, 3.63) is 35.9 Å². The fourth-order valence-corrected chi connectivity index (χ4v) is 1.96. The van der Waals surface area contributed by atoms with Crippen LogP contribution in [-0.4, -0.2) is 35.0 Å². The van der Waals surface area contributed by atoms with Crippen molar-refractivity contribution in [1.82, 2.24) is 4.90 Å². The van der Waals surface area contributed by atoms with Crippen LogP contribution in [0.3, 0.4) is 0 Å². The number of likely N-dealkylation sites (N-methyl/N-ethyl adjacent to an activating group) is 1. The van der Waals surface area contributed by atoms with E-state index in [2.05, 4.69) is 0 Å². The first-order valence-electron chi connectivity index (χ1n) is 6.50. The van der Waals surface area contributed by atoms with Crippen molar-refractivity contribution < 1.29 is 14.7 Å². The third-order valence-electron chi connectivity index (χ3n) is 3.52.